The highest BCUT2D eigenvalue weighted by Gasteiger charge is 2.82. The number of Topliss-reactive ketones (excluding diaryl/α,β-unsaturated/α-hetero) is 1. The summed E-state index contributed by atoms with van der Waals surface area (Å²) in [5.74, 6) is -0.715. The Kier molecular flexibility index (Phi) is 4.65. The van der Waals surface area contributed by atoms with Crippen LogP contribution in [-0.4, -0.2) is 63.8 Å². The van der Waals surface area contributed by atoms with Gasteiger partial charge in [0.1, 0.15) is 12.2 Å². The van der Waals surface area contributed by atoms with E-state index in [1.165, 1.54) is 13.2 Å². The molecule has 0 amide bonds. The number of nitrogens with two attached hydrogens (primary N) is 3. The van der Waals surface area contributed by atoms with E-state index in [1.54, 1.807) is 19.1 Å². The van der Waals surface area contributed by atoms with E-state index in [9.17, 15) is 19.8 Å². The zero-order valence-corrected chi connectivity index (χ0v) is 18.8. The van der Waals surface area contributed by atoms with Crippen LogP contribution in [0.2, 0.25) is 0 Å². The van der Waals surface area contributed by atoms with Crippen LogP contribution in [0.15, 0.2) is 23.8 Å². The van der Waals surface area contributed by atoms with Gasteiger partial charge in [0.05, 0.1) is 17.2 Å². The van der Waals surface area contributed by atoms with Crippen molar-refractivity contribution in [1.29, 1.82) is 0 Å². The van der Waals surface area contributed by atoms with Gasteiger partial charge in [0.25, 0.3) is 0 Å². The maximum absolute atomic E-state index is 13.0. The third kappa shape index (κ3) is 2.21. The molecule has 0 aromatic heterocycles. The van der Waals surface area contributed by atoms with Gasteiger partial charge in [-0.25, -0.2) is 0 Å². The predicted molar refractivity (Wildman–Crippen MR) is 115 cm³/mol. The Morgan fingerprint density at radius 3 is 2.45 bits per heavy atom. The number of ketones is 2. The van der Waals surface area contributed by atoms with Gasteiger partial charge in [-0.05, 0) is 43.8 Å². The minimum absolute atomic E-state index is 0.00391. The Morgan fingerprint density at radius 2 is 1.84 bits per heavy atom. The predicted octanol–water partition coefficient (Wildman–Crippen LogP) is -0.298. The van der Waals surface area contributed by atoms with Crippen molar-refractivity contribution in [1.82, 2.24) is 0 Å². The molecule has 4 aliphatic carbocycles. The first kappa shape index (κ1) is 22.8. The fourth-order valence-electron chi connectivity index (χ4n) is 7.76. The van der Waals surface area contributed by atoms with Crippen LogP contribution in [-0.2, 0) is 14.3 Å². The standard InChI is InChI=1S/C23H35N3O5/c1-13-10-22(25)21(24)8-7-20(30,17(29)12-31-4)19(21,3)11-16(28)23(22,26)18(2)6-5-14(27)9-15(13)18/h5-6,9,13,16,28,30H,7-8,10-12,24-26H2,1-4H3/t13-,16-,18-,19+,20-,21-,22+,23-/m0/s1. The van der Waals surface area contributed by atoms with Crippen molar-refractivity contribution in [3.8, 4) is 0 Å². The second-order valence-corrected chi connectivity index (χ2v) is 10.7. The zero-order valence-electron chi connectivity index (χ0n) is 18.8. The summed E-state index contributed by atoms with van der Waals surface area (Å²) in [4.78, 5) is 25.1. The lowest BCUT2D eigenvalue weighted by Crippen LogP contribution is -2.93. The molecule has 8 nitrogen and oxygen atoms in total. The number of fused-ring (bicyclic) bond motifs is 5. The van der Waals surface area contributed by atoms with Gasteiger partial charge in [-0.3, -0.25) is 9.59 Å². The Balaban J connectivity index is 1.94. The number of methoxy groups -OCH3 is 1. The summed E-state index contributed by atoms with van der Waals surface area (Å²) in [5.41, 5.74) is 14.4. The second kappa shape index (κ2) is 6.34. The van der Waals surface area contributed by atoms with Crippen molar-refractivity contribution in [3.05, 3.63) is 23.8 Å². The number of aliphatic hydroxyl groups excluding tert-OH is 1. The summed E-state index contributed by atoms with van der Waals surface area (Å²) in [5, 5.41) is 23.2. The normalized spacial score (nSPS) is 53.5. The fraction of sp³-hybridized carbons (Fsp3) is 0.739. The lowest BCUT2D eigenvalue weighted by molar-refractivity contribution is -0.199. The number of hydrogen-bond acceptors (Lipinski definition) is 8. The van der Waals surface area contributed by atoms with Crippen molar-refractivity contribution in [2.24, 2.45) is 33.9 Å². The second-order valence-electron chi connectivity index (χ2n) is 10.7. The van der Waals surface area contributed by atoms with Gasteiger partial charge in [0.15, 0.2) is 11.6 Å². The topological polar surface area (TPSA) is 162 Å². The van der Waals surface area contributed by atoms with Gasteiger partial charge < -0.3 is 32.2 Å². The first-order valence-corrected chi connectivity index (χ1v) is 10.9. The fourth-order valence-corrected chi connectivity index (χ4v) is 7.76. The lowest BCUT2D eigenvalue weighted by atomic mass is 9.36. The quantitative estimate of drug-likeness (QED) is 0.405. The van der Waals surface area contributed by atoms with E-state index >= 15 is 0 Å². The smallest absolute Gasteiger partial charge is 0.190 e. The molecule has 0 spiro atoms. The molecule has 0 aliphatic heterocycles. The summed E-state index contributed by atoms with van der Waals surface area (Å²) in [7, 11) is 1.40. The lowest BCUT2D eigenvalue weighted by Gasteiger charge is -2.73. The Morgan fingerprint density at radius 1 is 1.19 bits per heavy atom. The number of carbonyl (C=O) groups is 2. The first-order chi connectivity index (χ1) is 14.2. The van der Waals surface area contributed by atoms with Crippen molar-refractivity contribution in [3.63, 3.8) is 0 Å². The Bertz CT molecular complexity index is 919. The minimum atomic E-state index is -1.79. The van der Waals surface area contributed by atoms with Crippen LogP contribution in [0.25, 0.3) is 0 Å². The molecule has 0 saturated heterocycles. The summed E-state index contributed by atoms with van der Waals surface area (Å²) in [6, 6.07) is 0. The first-order valence-electron chi connectivity index (χ1n) is 10.9. The van der Waals surface area contributed by atoms with Gasteiger partial charge in [-0.15, -0.1) is 0 Å². The number of allylic oxidation sites excluding steroid dienone is 2. The van der Waals surface area contributed by atoms with Crippen LogP contribution >= 0.6 is 0 Å². The molecule has 3 fully saturated rings. The Labute approximate surface area is 182 Å². The van der Waals surface area contributed by atoms with E-state index in [0.717, 1.165) is 5.57 Å². The van der Waals surface area contributed by atoms with E-state index in [0.29, 0.717) is 6.42 Å². The molecule has 4 aliphatic rings. The van der Waals surface area contributed by atoms with E-state index < -0.39 is 44.9 Å². The molecule has 0 radical (unpaired) electrons. The Hall–Kier alpha value is -1.42. The maximum atomic E-state index is 13.0. The van der Waals surface area contributed by atoms with Gasteiger partial charge in [-0.2, -0.15) is 0 Å². The van der Waals surface area contributed by atoms with Crippen molar-refractivity contribution in [2.45, 2.75) is 74.8 Å². The van der Waals surface area contributed by atoms with Crippen LogP contribution in [0.3, 0.4) is 0 Å². The third-order valence-corrected chi connectivity index (χ3v) is 9.67. The number of rotatable bonds is 3. The van der Waals surface area contributed by atoms with Gasteiger partial charge in [0.2, 0.25) is 0 Å². The van der Waals surface area contributed by atoms with Crippen LogP contribution in [0, 0.1) is 16.7 Å². The van der Waals surface area contributed by atoms with E-state index in [1.807, 2.05) is 13.8 Å². The van der Waals surface area contributed by atoms with Gasteiger partial charge in [-0.1, -0.05) is 32.4 Å². The van der Waals surface area contributed by atoms with Crippen molar-refractivity contribution >= 4 is 11.6 Å². The highest BCUT2D eigenvalue weighted by molar-refractivity contribution is 6.01. The zero-order chi connectivity index (χ0) is 23.3. The van der Waals surface area contributed by atoms with Gasteiger partial charge in [0, 0.05) is 23.5 Å². The number of carbonyl (C=O) groups excluding carboxylic acids is 2. The third-order valence-electron chi connectivity index (χ3n) is 9.67. The number of hydrogen-bond donors (Lipinski definition) is 5. The average Bonchev–Trinajstić information content (AvgIpc) is 2.91. The minimum Gasteiger partial charge on any atom is -0.391 e. The molecule has 0 aromatic rings. The van der Waals surface area contributed by atoms with Crippen molar-refractivity contribution < 1.29 is 24.5 Å². The van der Waals surface area contributed by atoms with Crippen LogP contribution in [0.5, 0.6) is 0 Å². The molecule has 8 N–H and O–H groups in total. The monoisotopic (exact) mass is 433 g/mol. The molecule has 4 rings (SSSR count). The molecule has 8 heteroatoms. The summed E-state index contributed by atoms with van der Waals surface area (Å²) in [6.45, 7) is 5.36. The molecule has 0 aromatic carbocycles. The molecule has 31 heavy (non-hydrogen) atoms. The van der Waals surface area contributed by atoms with Crippen molar-refractivity contribution in [2.75, 3.05) is 13.7 Å². The van der Waals surface area contributed by atoms with E-state index in [-0.39, 0.29) is 37.6 Å². The molecule has 8 atom stereocenters. The molecule has 0 bridgehead atoms. The highest BCUT2D eigenvalue weighted by Crippen LogP contribution is 2.70. The molecule has 0 heterocycles. The number of aliphatic hydroxyl groups is 2. The average molecular weight is 434 g/mol. The maximum Gasteiger partial charge on any atom is 0.190 e. The molecule has 0 unspecified atom stereocenters. The largest absolute Gasteiger partial charge is 0.391 e. The van der Waals surface area contributed by atoms with Crippen LogP contribution < -0.4 is 17.2 Å². The molecular weight excluding hydrogens is 398 g/mol. The van der Waals surface area contributed by atoms with E-state index in [2.05, 4.69) is 0 Å². The van der Waals surface area contributed by atoms with Crippen LogP contribution in [0.4, 0.5) is 0 Å². The molecule has 3 saturated carbocycles. The van der Waals surface area contributed by atoms with Gasteiger partial charge >= 0.3 is 0 Å². The van der Waals surface area contributed by atoms with E-state index in [4.69, 9.17) is 21.9 Å². The summed E-state index contributed by atoms with van der Waals surface area (Å²) < 4.78 is 5.01. The highest BCUT2D eigenvalue weighted by atomic mass is 16.5. The SMILES string of the molecule is COCC(=O)[C@@]1(O)CC[C@]2(N)[C@]1(C)C[C@H](O)[C@@]1(N)[C@@]2(N)C[C@H](C)C2=CC(=O)C=C[C@@]21C. The molecular formula is C23H35N3O5. The summed E-state index contributed by atoms with van der Waals surface area (Å²) >= 11 is 0. The van der Waals surface area contributed by atoms with Crippen LogP contribution in [0.1, 0.15) is 46.5 Å². The summed E-state index contributed by atoms with van der Waals surface area (Å²) in [6.07, 6.45) is 4.36. The molecule has 172 valence electrons. The number of ether oxygens (including phenoxy) is 1.